The molecular formula is C18H17N3O2. The van der Waals surface area contributed by atoms with Crippen molar-refractivity contribution in [1.29, 1.82) is 5.26 Å². The minimum Gasteiger partial charge on any atom is -0.496 e. The molecule has 2 aromatic rings. The zero-order valence-electron chi connectivity index (χ0n) is 13.0. The van der Waals surface area contributed by atoms with E-state index in [-0.39, 0.29) is 5.91 Å². The van der Waals surface area contributed by atoms with Crippen LogP contribution in [-0.2, 0) is 6.42 Å². The number of nitriles is 1. The number of carbonyl (C=O) groups excluding carboxylic acids is 1. The molecule has 0 radical (unpaired) electrons. The SMILES string of the molecule is COc1cccc2c1CCCCN2C(=O)c1ccc(C#N)cn1. The van der Waals surface area contributed by atoms with E-state index in [1.165, 1.54) is 6.20 Å². The molecule has 23 heavy (non-hydrogen) atoms. The Kier molecular flexibility index (Phi) is 4.24. The van der Waals surface area contributed by atoms with Crippen LogP contribution in [0.2, 0.25) is 0 Å². The molecule has 0 aliphatic carbocycles. The number of amides is 1. The number of nitrogens with zero attached hydrogens (tertiary/aromatic N) is 3. The van der Waals surface area contributed by atoms with E-state index in [9.17, 15) is 4.79 Å². The van der Waals surface area contributed by atoms with Crippen LogP contribution in [0.3, 0.4) is 0 Å². The quantitative estimate of drug-likeness (QED) is 0.855. The van der Waals surface area contributed by atoms with Gasteiger partial charge in [0.25, 0.3) is 5.91 Å². The molecule has 3 rings (SSSR count). The average molecular weight is 307 g/mol. The summed E-state index contributed by atoms with van der Waals surface area (Å²) in [4.78, 5) is 18.7. The van der Waals surface area contributed by atoms with Gasteiger partial charge in [-0.3, -0.25) is 4.79 Å². The van der Waals surface area contributed by atoms with Crippen LogP contribution in [0.4, 0.5) is 5.69 Å². The summed E-state index contributed by atoms with van der Waals surface area (Å²) < 4.78 is 5.44. The molecule has 2 heterocycles. The summed E-state index contributed by atoms with van der Waals surface area (Å²) in [7, 11) is 1.65. The van der Waals surface area contributed by atoms with Crippen LogP contribution < -0.4 is 9.64 Å². The summed E-state index contributed by atoms with van der Waals surface area (Å²) in [6.07, 6.45) is 4.26. The minimum absolute atomic E-state index is 0.147. The first kappa shape index (κ1) is 15.0. The Balaban J connectivity index is 1.99. The fourth-order valence-corrected chi connectivity index (χ4v) is 2.88. The molecule has 1 aliphatic rings. The van der Waals surface area contributed by atoms with Crippen molar-refractivity contribution in [2.45, 2.75) is 19.3 Å². The molecule has 0 unspecified atom stereocenters. The van der Waals surface area contributed by atoms with Crippen LogP contribution >= 0.6 is 0 Å². The molecular weight excluding hydrogens is 290 g/mol. The topological polar surface area (TPSA) is 66.2 Å². The van der Waals surface area contributed by atoms with E-state index < -0.39 is 0 Å². The second-order valence-electron chi connectivity index (χ2n) is 5.42. The number of methoxy groups -OCH3 is 1. The van der Waals surface area contributed by atoms with Gasteiger partial charge in [-0.1, -0.05) is 6.07 Å². The number of carbonyl (C=O) groups is 1. The summed E-state index contributed by atoms with van der Waals surface area (Å²) in [5, 5.41) is 8.84. The fourth-order valence-electron chi connectivity index (χ4n) is 2.88. The molecule has 5 heteroatoms. The van der Waals surface area contributed by atoms with Crippen LogP contribution in [0, 0.1) is 11.3 Å². The highest BCUT2D eigenvalue weighted by Gasteiger charge is 2.24. The van der Waals surface area contributed by atoms with Gasteiger partial charge in [-0.05, 0) is 43.5 Å². The predicted molar refractivity (Wildman–Crippen MR) is 86.6 cm³/mol. The van der Waals surface area contributed by atoms with Crippen molar-refractivity contribution in [3.63, 3.8) is 0 Å². The first-order valence-corrected chi connectivity index (χ1v) is 7.58. The van der Waals surface area contributed by atoms with E-state index >= 15 is 0 Å². The van der Waals surface area contributed by atoms with Gasteiger partial charge in [0.15, 0.2) is 0 Å². The van der Waals surface area contributed by atoms with Gasteiger partial charge in [-0.15, -0.1) is 0 Å². The molecule has 1 amide bonds. The molecule has 0 saturated carbocycles. The number of aromatic nitrogens is 1. The standard InChI is InChI=1S/C18H17N3O2/c1-23-17-7-4-6-16-14(17)5-2-3-10-21(16)18(22)15-9-8-13(11-19)12-20-15/h4,6-9,12H,2-3,5,10H2,1H3. The Morgan fingerprint density at radius 2 is 2.17 bits per heavy atom. The summed E-state index contributed by atoms with van der Waals surface area (Å²) in [6, 6.07) is 11.0. The van der Waals surface area contributed by atoms with Gasteiger partial charge < -0.3 is 9.64 Å². The third-order valence-electron chi connectivity index (χ3n) is 4.03. The van der Waals surface area contributed by atoms with Gasteiger partial charge in [-0.25, -0.2) is 4.98 Å². The zero-order valence-corrected chi connectivity index (χ0v) is 13.0. The lowest BCUT2D eigenvalue weighted by Gasteiger charge is -2.23. The van der Waals surface area contributed by atoms with Crippen molar-refractivity contribution in [2.24, 2.45) is 0 Å². The smallest absolute Gasteiger partial charge is 0.276 e. The van der Waals surface area contributed by atoms with Gasteiger partial charge >= 0.3 is 0 Å². The maximum atomic E-state index is 12.9. The molecule has 1 aromatic carbocycles. The van der Waals surface area contributed by atoms with E-state index in [0.29, 0.717) is 17.8 Å². The minimum atomic E-state index is -0.147. The summed E-state index contributed by atoms with van der Waals surface area (Å²) in [6.45, 7) is 0.653. The molecule has 1 aliphatic heterocycles. The molecule has 1 aromatic heterocycles. The molecule has 0 spiro atoms. The Labute approximate surface area is 135 Å². The zero-order chi connectivity index (χ0) is 16.2. The fraction of sp³-hybridized carbons (Fsp3) is 0.278. The molecule has 5 nitrogen and oxygen atoms in total. The Hall–Kier alpha value is -2.87. The summed E-state index contributed by atoms with van der Waals surface area (Å²) in [5.41, 5.74) is 2.74. The van der Waals surface area contributed by atoms with Crippen LogP contribution in [-0.4, -0.2) is 24.5 Å². The van der Waals surface area contributed by atoms with Gasteiger partial charge in [0, 0.05) is 18.3 Å². The van der Waals surface area contributed by atoms with Crippen molar-refractivity contribution in [3.8, 4) is 11.8 Å². The highest BCUT2D eigenvalue weighted by Crippen LogP contribution is 2.34. The largest absolute Gasteiger partial charge is 0.496 e. The first-order valence-electron chi connectivity index (χ1n) is 7.58. The van der Waals surface area contributed by atoms with Crippen molar-refractivity contribution >= 4 is 11.6 Å². The molecule has 0 bridgehead atoms. The van der Waals surface area contributed by atoms with Gasteiger partial charge in [0.1, 0.15) is 17.5 Å². The van der Waals surface area contributed by atoms with Gasteiger partial charge in [0.2, 0.25) is 0 Å². The molecule has 0 fully saturated rings. The first-order chi connectivity index (χ1) is 11.2. The third kappa shape index (κ3) is 2.88. The number of ether oxygens (including phenoxy) is 1. The Morgan fingerprint density at radius 1 is 1.30 bits per heavy atom. The van der Waals surface area contributed by atoms with Crippen molar-refractivity contribution < 1.29 is 9.53 Å². The summed E-state index contributed by atoms with van der Waals surface area (Å²) in [5.74, 6) is 0.667. The van der Waals surface area contributed by atoms with E-state index in [1.54, 1.807) is 24.1 Å². The number of pyridine rings is 1. The monoisotopic (exact) mass is 307 g/mol. The molecule has 0 N–H and O–H groups in total. The van der Waals surface area contributed by atoms with Crippen LogP contribution in [0.5, 0.6) is 5.75 Å². The lowest BCUT2D eigenvalue weighted by Crippen LogP contribution is -2.32. The van der Waals surface area contributed by atoms with Crippen LogP contribution in [0.25, 0.3) is 0 Å². The van der Waals surface area contributed by atoms with Crippen molar-refractivity contribution in [1.82, 2.24) is 4.98 Å². The van der Waals surface area contributed by atoms with Crippen LogP contribution in [0.1, 0.15) is 34.5 Å². The molecule has 0 atom stereocenters. The maximum absolute atomic E-state index is 12.9. The third-order valence-corrected chi connectivity index (χ3v) is 4.03. The molecule has 116 valence electrons. The van der Waals surface area contributed by atoms with Crippen molar-refractivity contribution in [3.05, 3.63) is 53.3 Å². The van der Waals surface area contributed by atoms with Gasteiger partial charge in [-0.2, -0.15) is 5.26 Å². The highest BCUT2D eigenvalue weighted by molar-refractivity contribution is 6.05. The Morgan fingerprint density at radius 3 is 2.87 bits per heavy atom. The normalized spacial score (nSPS) is 13.7. The van der Waals surface area contributed by atoms with E-state index in [2.05, 4.69) is 4.98 Å². The number of hydrogen-bond acceptors (Lipinski definition) is 4. The van der Waals surface area contributed by atoms with Crippen LogP contribution in [0.15, 0.2) is 36.5 Å². The lowest BCUT2D eigenvalue weighted by atomic mass is 10.1. The Bertz CT molecular complexity index is 763. The predicted octanol–water partition coefficient (Wildman–Crippen LogP) is 2.94. The number of rotatable bonds is 2. The van der Waals surface area contributed by atoms with E-state index in [0.717, 1.165) is 36.3 Å². The lowest BCUT2D eigenvalue weighted by molar-refractivity contribution is 0.0982. The summed E-state index contributed by atoms with van der Waals surface area (Å²) >= 11 is 0. The van der Waals surface area contributed by atoms with E-state index in [4.69, 9.17) is 10.00 Å². The molecule has 0 saturated heterocycles. The van der Waals surface area contributed by atoms with Gasteiger partial charge in [0.05, 0.1) is 18.4 Å². The van der Waals surface area contributed by atoms with E-state index in [1.807, 2.05) is 24.3 Å². The second-order valence-corrected chi connectivity index (χ2v) is 5.42. The number of fused-ring (bicyclic) bond motifs is 1. The number of hydrogen-bond donors (Lipinski definition) is 0. The maximum Gasteiger partial charge on any atom is 0.276 e. The number of anilines is 1. The average Bonchev–Trinajstić information content (AvgIpc) is 2.83. The second kappa shape index (κ2) is 6.49. The van der Waals surface area contributed by atoms with Crippen molar-refractivity contribution in [2.75, 3.05) is 18.6 Å². The highest BCUT2D eigenvalue weighted by atomic mass is 16.5. The number of benzene rings is 1.